The molecule has 0 aromatic heterocycles. The molecule has 67 valence electrons. The average molecular weight is 176 g/mol. The van der Waals surface area contributed by atoms with Gasteiger partial charge in [0.1, 0.15) is 0 Å². The molecule has 0 bridgehead atoms. The Morgan fingerprint density at radius 3 is 2.55 bits per heavy atom. The first kappa shape index (κ1) is 11.3. The molecule has 0 saturated carbocycles. The summed E-state index contributed by atoms with van der Waals surface area (Å²) in [6.07, 6.45) is 9.63. The highest BCUT2D eigenvalue weighted by Crippen LogP contribution is 2.13. The van der Waals surface area contributed by atoms with E-state index >= 15 is 0 Å². The number of unbranched alkanes of at least 4 members (excludes halogenated alkanes) is 3. The summed E-state index contributed by atoms with van der Waals surface area (Å²) in [6.45, 7) is 4.40. The van der Waals surface area contributed by atoms with E-state index in [0.717, 1.165) is 12.8 Å². The lowest BCUT2D eigenvalue weighted by Crippen LogP contribution is -1.97. The molecule has 1 heteroatoms. The molecule has 0 aromatic rings. The van der Waals surface area contributed by atoms with Crippen LogP contribution in [-0.2, 0) is 0 Å². The van der Waals surface area contributed by atoms with Crippen LogP contribution in [0.15, 0.2) is 0 Å². The van der Waals surface area contributed by atoms with Crippen molar-refractivity contribution in [3.63, 3.8) is 0 Å². The predicted octanol–water partition coefficient (Wildman–Crippen LogP) is 4.18. The van der Waals surface area contributed by atoms with Gasteiger partial charge in [0.05, 0.1) is 0 Å². The summed E-state index contributed by atoms with van der Waals surface area (Å²) in [4.78, 5) is 0. The van der Waals surface area contributed by atoms with Gasteiger partial charge in [0, 0.05) is 5.38 Å². The molecule has 11 heavy (non-hydrogen) atoms. The summed E-state index contributed by atoms with van der Waals surface area (Å²) in [5.41, 5.74) is 0. The van der Waals surface area contributed by atoms with Crippen molar-refractivity contribution in [2.75, 3.05) is 0 Å². The van der Waals surface area contributed by atoms with E-state index in [2.05, 4.69) is 20.3 Å². The molecular formula is C10H20Cl. The first-order valence-electron chi connectivity index (χ1n) is 4.77. The van der Waals surface area contributed by atoms with Gasteiger partial charge in [-0.1, -0.05) is 39.5 Å². The maximum absolute atomic E-state index is 6.03. The summed E-state index contributed by atoms with van der Waals surface area (Å²) in [6, 6.07) is 0. The molecule has 0 heterocycles. The third-order valence-corrected chi connectivity index (χ3v) is 2.18. The summed E-state index contributed by atoms with van der Waals surface area (Å²) in [5, 5.41) is 0.386. The Morgan fingerprint density at radius 1 is 1.27 bits per heavy atom. The molecule has 0 rings (SSSR count). The summed E-state index contributed by atoms with van der Waals surface area (Å²) in [5.74, 6) is 0. The monoisotopic (exact) mass is 175 g/mol. The van der Waals surface area contributed by atoms with Gasteiger partial charge in [0.2, 0.25) is 0 Å². The Balaban J connectivity index is 2.97. The lowest BCUT2D eigenvalue weighted by Gasteiger charge is -2.05. The molecule has 0 nitrogen and oxygen atoms in total. The van der Waals surface area contributed by atoms with E-state index in [-0.39, 0.29) is 0 Å². The second-order valence-corrected chi connectivity index (χ2v) is 3.67. The fourth-order valence-corrected chi connectivity index (χ4v) is 1.42. The molecular weight excluding hydrogens is 156 g/mol. The first-order valence-corrected chi connectivity index (χ1v) is 5.20. The Kier molecular flexibility index (Phi) is 8.61. The van der Waals surface area contributed by atoms with Crippen molar-refractivity contribution >= 4 is 11.6 Å². The number of hydrogen-bond acceptors (Lipinski definition) is 0. The zero-order valence-corrected chi connectivity index (χ0v) is 8.53. The minimum absolute atomic E-state index is 0.386. The molecule has 0 aliphatic heterocycles. The van der Waals surface area contributed by atoms with Crippen molar-refractivity contribution in [3.05, 3.63) is 6.42 Å². The third kappa shape index (κ3) is 8.19. The lowest BCUT2D eigenvalue weighted by molar-refractivity contribution is 0.680. The highest BCUT2D eigenvalue weighted by atomic mass is 35.5. The van der Waals surface area contributed by atoms with Crippen LogP contribution < -0.4 is 0 Å². The minimum atomic E-state index is 0.386. The van der Waals surface area contributed by atoms with Crippen LogP contribution in [0.4, 0.5) is 0 Å². The standard InChI is InChI=1S/C10H20Cl/c1-3-5-6-7-9-10(11)8-4-2/h7,10H,3-6,8-9H2,1-2H3. The Bertz CT molecular complexity index is 71.3. The largest absolute Gasteiger partial charge is 0.123 e. The number of rotatable bonds is 7. The zero-order chi connectivity index (χ0) is 8.53. The Morgan fingerprint density at radius 2 is 2.00 bits per heavy atom. The van der Waals surface area contributed by atoms with Gasteiger partial charge in [-0.3, -0.25) is 0 Å². The molecule has 0 fully saturated rings. The highest BCUT2D eigenvalue weighted by molar-refractivity contribution is 6.20. The topological polar surface area (TPSA) is 0 Å². The third-order valence-electron chi connectivity index (χ3n) is 1.79. The molecule has 1 unspecified atom stereocenters. The molecule has 0 N–H and O–H groups in total. The van der Waals surface area contributed by atoms with Crippen molar-refractivity contribution in [3.8, 4) is 0 Å². The smallest absolute Gasteiger partial charge is 0.0338 e. The van der Waals surface area contributed by atoms with Crippen LogP contribution in [0.3, 0.4) is 0 Å². The van der Waals surface area contributed by atoms with Crippen molar-refractivity contribution in [1.82, 2.24) is 0 Å². The SMILES string of the molecule is CCCC[CH]CC(Cl)CCC. The van der Waals surface area contributed by atoms with Crippen molar-refractivity contribution in [2.24, 2.45) is 0 Å². The van der Waals surface area contributed by atoms with Crippen molar-refractivity contribution in [2.45, 2.75) is 57.7 Å². The van der Waals surface area contributed by atoms with Gasteiger partial charge in [-0.2, -0.15) is 0 Å². The number of halogens is 1. The van der Waals surface area contributed by atoms with Crippen LogP contribution in [-0.4, -0.2) is 5.38 Å². The van der Waals surface area contributed by atoms with E-state index in [4.69, 9.17) is 11.6 Å². The predicted molar refractivity (Wildman–Crippen MR) is 53.0 cm³/mol. The van der Waals surface area contributed by atoms with E-state index in [1.165, 1.54) is 25.7 Å². The zero-order valence-electron chi connectivity index (χ0n) is 7.78. The van der Waals surface area contributed by atoms with Crippen LogP contribution in [0.25, 0.3) is 0 Å². The fourth-order valence-electron chi connectivity index (χ4n) is 1.08. The van der Waals surface area contributed by atoms with Gasteiger partial charge >= 0.3 is 0 Å². The summed E-state index contributed by atoms with van der Waals surface area (Å²) in [7, 11) is 0. The number of alkyl halides is 1. The molecule has 0 amide bonds. The van der Waals surface area contributed by atoms with Crippen LogP contribution in [0, 0.1) is 6.42 Å². The van der Waals surface area contributed by atoms with Gasteiger partial charge in [0.15, 0.2) is 0 Å². The fraction of sp³-hybridized carbons (Fsp3) is 0.900. The van der Waals surface area contributed by atoms with Gasteiger partial charge in [-0.25, -0.2) is 0 Å². The van der Waals surface area contributed by atoms with Gasteiger partial charge in [-0.05, 0) is 19.3 Å². The van der Waals surface area contributed by atoms with Crippen LogP contribution in [0.2, 0.25) is 0 Å². The van der Waals surface area contributed by atoms with E-state index < -0.39 is 0 Å². The quantitative estimate of drug-likeness (QED) is 0.402. The average Bonchev–Trinajstić information content (AvgIpc) is 1.99. The molecule has 0 spiro atoms. The maximum atomic E-state index is 6.03. The molecule has 0 aliphatic rings. The van der Waals surface area contributed by atoms with Gasteiger partial charge in [0.25, 0.3) is 0 Å². The van der Waals surface area contributed by atoms with Gasteiger partial charge in [-0.15, -0.1) is 11.6 Å². The van der Waals surface area contributed by atoms with E-state index in [0.29, 0.717) is 5.38 Å². The maximum Gasteiger partial charge on any atom is 0.0338 e. The summed E-state index contributed by atoms with van der Waals surface area (Å²) >= 11 is 6.03. The molecule has 1 radical (unpaired) electrons. The Hall–Kier alpha value is 0.290. The first-order chi connectivity index (χ1) is 5.31. The normalized spacial score (nSPS) is 13.4. The second-order valence-electron chi connectivity index (χ2n) is 3.05. The van der Waals surface area contributed by atoms with Crippen LogP contribution in [0.1, 0.15) is 52.4 Å². The lowest BCUT2D eigenvalue weighted by atomic mass is 10.1. The summed E-state index contributed by atoms with van der Waals surface area (Å²) < 4.78 is 0. The Labute approximate surface area is 76.3 Å². The van der Waals surface area contributed by atoms with Crippen molar-refractivity contribution < 1.29 is 0 Å². The van der Waals surface area contributed by atoms with E-state index in [9.17, 15) is 0 Å². The minimum Gasteiger partial charge on any atom is -0.123 e. The highest BCUT2D eigenvalue weighted by Gasteiger charge is 2.01. The molecule has 0 saturated heterocycles. The molecule has 0 aliphatic carbocycles. The van der Waals surface area contributed by atoms with E-state index in [1.807, 2.05) is 0 Å². The van der Waals surface area contributed by atoms with Crippen LogP contribution >= 0.6 is 11.6 Å². The van der Waals surface area contributed by atoms with Crippen molar-refractivity contribution in [1.29, 1.82) is 0 Å². The number of hydrogen-bond donors (Lipinski definition) is 0. The molecule has 0 aromatic carbocycles. The second kappa shape index (κ2) is 8.39. The van der Waals surface area contributed by atoms with Crippen LogP contribution in [0.5, 0.6) is 0 Å². The molecule has 1 atom stereocenters. The van der Waals surface area contributed by atoms with E-state index in [1.54, 1.807) is 0 Å². The van der Waals surface area contributed by atoms with Gasteiger partial charge < -0.3 is 0 Å².